The van der Waals surface area contributed by atoms with Gasteiger partial charge in [-0.1, -0.05) is 67.9 Å². The van der Waals surface area contributed by atoms with Crippen LogP contribution in [-0.2, 0) is 14.4 Å². The Morgan fingerprint density at radius 1 is 1.00 bits per heavy atom. The fourth-order valence-electron chi connectivity index (χ4n) is 11.4. The summed E-state index contributed by atoms with van der Waals surface area (Å²) in [6.07, 6.45) is 10.1. The molecule has 0 aliphatic heterocycles. The van der Waals surface area contributed by atoms with Crippen LogP contribution in [-0.4, -0.2) is 34.4 Å². The third-order valence-corrected chi connectivity index (χ3v) is 15.2. The van der Waals surface area contributed by atoms with Gasteiger partial charge >= 0.3 is 0 Å². The van der Waals surface area contributed by atoms with Gasteiger partial charge in [-0.2, -0.15) is 0 Å². The van der Waals surface area contributed by atoms with Gasteiger partial charge in [0.1, 0.15) is 5.78 Å². The van der Waals surface area contributed by atoms with E-state index in [0.29, 0.717) is 12.2 Å². The minimum absolute atomic E-state index is 0.0812. The molecule has 0 aromatic carbocycles. The molecule has 0 amide bonds. The van der Waals surface area contributed by atoms with Crippen LogP contribution in [0, 0.1) is 56.8 Å². The molecule has 0 radical (unpaired) electrons. The molecule has 0 heterocycles. The van der Waals surface area contributed by atoms with Crippen molar-refractivity contribution >= 4 is 29.1 Å². The highest BCUT2D eigenvalue weighted by atomic mass is 32.2. The van der Waals surface area contributed by atoms with Crippen LogP contribution in [0.15, 0.2) is 11.6 Å². The van der Waals surface area contributed by atoms with Gasteiger partial charge in [0.15, 0.2) is 5.78 Å². The molecule has 0 aromatic heterocycles. The lowest BCUT2D eigenvalue weighted by atomic mass is 9.33. The molecule has 4 fully saturated rings. The third-order valence-electron chi connectivity index (χ3n) is 13.8. The van der Waals surface area contributed by atoms with E-state index in [2.05, 4.69) is 67.2 Å². The lowest BCUT2D eigenvalue weighted by Gasteiger charge is -2.70. The fourth-order valence-corrected chi connectivity index (χ4v) is 12.8. The number of carbonyl (C=O) groups is 3. The Labute approximate surface area is 253 Å². The number of thioether (sulfide) groups is 1. The maximum absolute atomic E-state index is 14.8. The van der Waals surface area contributed by atoms with E-state index in [9.17, 15) is 14.4 Å². The Kier molecular flexibility index (Phi) is 7.42. The molecule has 5 aliphatic carbocycles. The Bertz CT molecular complexity index is 1230. The summed E-state index contributed by atoms with van der Waals surface area (Å²) in [6.45, 7) is 28.2. The molecular formula is C36H53NO3S. The van der Waals surface area contributed by atoms with Crippen LogP contribution in [0.3, 0.4) is 0 Å². The second-order valence-corrected chi connectivity index (χ2v) is 17.8. The quantitative estimate of drug-likeness (QED) is 0.306. The lowest BCUT2D eigenvalue weighted by Crippen LogP contribution is -2.69. The smallest absolute Gasteiger partial charge is 0.293 e. The van der Waals surface area contributed by atoms with Crippen molar-refractivity contribution in [3.05, 3.63) is 23.1 Å². The van der Waals surface area contributed by atoms with Gasteiger partial charge < -0.3 is 4.85 Å². The van der Waals surface area contributed by atoms with Crippen molar-refractivity contribution < 1.29 is 14.4 Å². The minimum Gasteiger partial charge on any atom is -0.304 e. The molecule has 0 N–H and O–H groups in total. The molecule has 9 atom stereocenters. The van der Waals surface area contributed by atoms with Crippen molar-refractivity contribution in [2.45, 2.75) is 131 Å². The third kappa shape index (κ3) is 3.93. The average molecular weight is 580 g/mol. The number of nitrogens with zero attached hydrogens (tertiary/aromatic N) is 1. The Balaban J connectivity index is 1.70. The van der Waals surface area contributed by atoms with Crippen molar-refractivity contribution in [3.8, 4) is 0 Å². The van der Waals surface area contributed by atoms with E-state index in [1.54, 1.807) is 11.8 Å². The van der Waals surface area contributed by atoms with Gasteiger partial charge in [0.2, 0.25) is 5.78 Å². The molecule has 0 bridgehead atoms. The molecule has 5 rings (SSSR count). The second-order valence-electron chi connectivity index (χ2n) is 16.4. The summed E-state index contributed by atoms with van der Waals surface area (Å²) in [7, 11) is 0. The highest BCUT2D eigenvalue weighted by Gasteiger charge is 2.74. The number of carbonyl (C=O) groups excluding carboxylic acids is 3. The van der Waals surface area contributed by atoms with Crippen molar-refractivity contribution in [1.82, 2.24) is 0 Å². The number of fused-ring (bicyclic) bond motifs is 7. The Hall–Kier alpha value is -1.41. The molecular weight excluding hydrogens is 526 g/mol. The van der Waals surface area contributed by atoms with Crippen LogP contribution in [0.4, 0.5) is 0 Å². The van der Waals surface area contributed by atoms with E-state index in [0.717, 1.165) is 57.1 Å². The van der Waals surface area contributed by atoms with Crippen LogP contribution in [0.25, 0.3) is 4.85 Å². The van der Waals surface area contributed by atoms with Gasteiger partial charge in [-0.15, -0.1) is 11.8 Å². The van der Waals surface area contributed by atoms with Crippen molar-refractivity contribution in [3.63, 3.8) is 0 Å². The van der Waals surface area contributed by atoms with Crippen LogP contribution < -0.4 is 0 Å². The van der Waals surface area contributed by atoms with Crippen molar-refractivity contribution in [1.29, 1.82) is 0 Å². The highest BCUT2D eigenvalue weighted by Crippen LogP contribution is 2.75. The van der Waals surface area contributed by atoms with Gasteiger partial charge in [0, 0.05) is 28.6 Å². The summed E-state index contributed by atoms with van der Waals surface area (Å²) in [5.41, 5.74) is -0.532. The van der Waals surface area contributed by atoms with Crippen LogP contribution in [0.2, 0.25) is 0 Å². The zero-order chi connectivity index (χ0) is 30.4. The topological polar surface area (TPSA) is 55.6 Å². The average Bonchev–Trinajstić information content (AvgIpc) is 2.89. The molecule has 3 unspecified atom stereocenters. The zero-order valence-corrected chi connectivity index (χ0v) is 27.9. The van der Waals surface area contributed by atoms with Crippen LogP contribution in [0.5, 0.6) is 0 Å². The second kappa shape index (κ2) is 9.80. The van der Waals surface area contributed by atoms with Gasteiger partial charge in [0.25, 0.3) is 6.04 Å². The maximum atomic E-state index is 14.8. The summed E-state index contributed by atoms with van der Waals surface area (Å²) in [5.74, 6) is 1.56. The molecule has 5 heteroatoms. The first kappa shape index (κ1) is 31.0. The van der Waals surface area contributed by atoms with E-state index in [4.69, 9.17) is 6.57 Å². The molecule has 226 valence electrons. The normalized spacial score (nSPS) is 46.2. The molecule has 4 saturated carbocycles. The summed E-state index contributed by atoms with van der Waals surface area (Å²) in [4.78, 5) is 46.5. The lowest BCUT2D eigenvalue weighted by molar-refractivity contribution is -0.180. The van der Waals surface area contributed by atoms with Gasteiger partial charge in [0.05, 0.1) is 5.25 Å². The standard InChI is InChI=1S/C36H53NO3S/c1-11-13-26(39)36-18-16-31(3,4)21-22(36)27-23(38)20-25-33(7,34(27,8)17-19-36)15-14-24-32(5,6)29(40)28(37-10)30(41-12-2)35(24,25)9/h20,22,24,27-28,30H,11-19,21H2,1-9H3/t22?,24-,27-,28?,30?,33+,34+,35-,36-/m0/s1. The first-order valence-electron chi connectivity index (χ1n) is 16.3. The van der Waals surface area contributed by atoms with Crippen LogP contribution >= 0.6 is 11.8 Å². The molecule has 5 aliphatic rings. The fraction of sp³-hybridized carbons (Fsp3) is 0.833. The molecule has 0 spiro atoms. The van der Waals surface area contributed by atoms with Gasteiger partial charge in [-0.05, 0) is 91.3 Å². The number of hydrogen-bond acceptors (Lipinski definition) is 4. The van der Waals surface area contributed by atoms with Crippen molar-refractivity contribution in [2.75, 3.05) is 5.75 Å². The molecule has 41 heavy (non-hydrogen) atoms. The van der Waals surface area contributed by atoms with Gasteiger partial charge in [-0.3, -0.25) is 14.4 Å². The minimum atomic E-state index is -0.690. The SMILES string of the molecule is [C-]#[N+]C1C(=O)C(C)(C)[C@@H]2CC[C@]3(C)C(=CC(=O)[C@@H]4C5CC(C)(C)CC[C@]5(C(=O)CCC)CC[C@]43C)[C@@]2(C)C1SCC. The molecule has 0 aromatic rings. The van der Waals surface area contributed by atoms with Gasteiger partial charge in [-0.25, -0.2) is 6.57 Å². The summed E-state index contributed by atoms with van der Waals surface area (Å²) in [6, 6.07) is -0.690. The predicted molar refractivity (Wildman–Crippen MR) is 167 cm³/mol. The zero-order valence-electron chi connectivity index (χ0n) is 27.1. The summed E-state index contributed by atoms with van der Waals surface area (Å²) in [5, 5.41) is -0.156. The van der Waals surface area contributed by atoms with E-state index in [1.807, 2.05) is 6.08 Å². The van der Waals surface area contributed by atoms with Crippen LogP contribution in [0.1, 0.15) is 120 Å². The Morgan fingerprint density at radius 3 is 2.27 bits per heavy atom. The number of hydrogen-bond donors (Lipinski definition) is 0. The van der Waals surface area contributed by atoms with E-state index >= 15 is 0 Å². The maximum Gasteiger partial charge on any atom is 0.293 e. The summed E-state index contributed by atoms with van der Waals surface area (Å²) < 4.78 is 0. The predicted octanol–water partition coefficient (Wildman–Crippen LogP) is 8.53. The molecule has 0 saturated heterocycles. The van der Waals surface area contributed by atoms with E-state index in [1.165, 1.54) is 5.57 Å². The first-order chi connectivity index (χ1) is 19.0. The highest BCUT2D eigenvalue weighted by molar-refractivity contribution is 8.00. The number of allylic oxidation sites excluding steroid dienone is 2. The largest absolute Gasteiger partial charge is 0.304 e. The van der Waals surface area contributed by atoms with E-state index < -0.39 is 16.9 Å². The summed E-state index contributed by atoms with van der Waals surface area (Å²) >= 11 is 1.75. The van der Waals surface area contributed by atoms with E-state index in [-0.39, 0.29) is 56.2 Å². The number of ketones is 3. The first-order valence-corrected chi connectivity index (χ1v) is 17.4. The molecule has 4 nitrogen and oxygen atoms in total. The monoisotopic (exact) mass is 579 g/mol. The Morgan fingerprint density at radius 2 is 1.66 bits per heavy atom. The number of Topliss-reactive ketones (excluding diaryl/α,β-unsaturated/α-hetero) is 2. The van der Waals surface area contributed by atoms with Crippen molar-refractivity contribution in [2.24, 2.45) is 50.2 Å². The number of rotatable bonds is 5.